The number of fused-ring (bicyclic) bond motifs is 1. The maximum atomic E-state index is 12.7. The molecule has 1 saturated heterocycles. The highest BCUT2D eigenvalue weighted by molar-refractivity contribution is 5.91. The molecule has 0 bridgehead atoms. The van der Waals surface area contributed by atoms with E-state index in [4.69, 9.17) is 9.47 Å². The highest BCUT2D eigenvalue weighted by Crippen LogP contribution is 2.49. The molecule has 2 N–H and O–H groups in total. The summed E-state index contributed by atoms with van der Waals surface area (Å²) in [6.07, 6.45) is 3.53. The number of carbonyl (C=O) groups is 1. The number of amides is 2. The number of anilines is 1. The molecule has 1 aliphatic heterocycles. The lowest BCUT2D eigenvalue weighted by atomic mass is 9.65. The van der Waals surface area contributed by atoms with E-state index in [1.54, 1.807) is 26.4 Å². The molecule has 184 valence electrons. The highest BCUT2D eigenvalue weighted by atomic mass is 19.3. The molecule has 1 saturated carbocycles. The molecular formula is C25H31F2N3O4. The van der Waals surface area contributed by atoms with Gasteiger partial charge in [-0.2, -0.15) is 8.78 Å². The van der Waals surface area contributed by atoms with Gasteiger partial charge in [-0.1, -0.05) is 18.2 Å². The predicted molar refractivity (Wildman–Crippen MR) is 125 cm³/mol. The fourth-order valence-electron chi connectivity index (χ4n) is 5.51. The van der Waals surface area contributed by atoms with E-state index in [0.717, 1.165) is 32.2 Å². The molecule has 1 unspecified atom stereocenters. The number of likely N-dealkylation sites (N-methyl/N-ethyl adjacent to an activating group) is 1. The smallest absolute Gasteiger partial charge is 0.387 e. The van der Waals surface area contributed by atoms with Crippen LogP contribution in [0.4, 0.5) is 19.3 Å². The number of halogens is 2. The van der Waals surface area contributed by atoms with Gasteiger partial charge in [0.15, 0.2) is 11.5 Å². The SMILES string of the molecule is COc1ccc([C@@]23CCC(NC(=O)Nc4ccccc4OC(F)F)C[C@@H]2N(C)CC3)cc1OC. The number of nitrogens with one attached hydrogen (secondary N) is 2. The van der Waals surface area contributed by atoms with Crippen molar-refractivity contribution < 1.29 is 27.8 Å². The van der Waals surface area contributed by atoms with Crippen LogP contribution < -0.4 is 24.8 Å². The molecule has 2 aromatic carbocycles. The molecule has 3 atom stereocenters. The summed E-state index contributed by atoms with van der Waals surface area (Å²) >= 11 is 0. The standard InChI is InChI=1S/C25H31F2N3O4/c1-30-13-12-25(16-8-9-20(32-2)21(14-16)33-3)11-10-17(15-22(25)30)28-24(31)29-18-6-4-5-7-19(18)34-23(26)27/h4-9,14,17,22-23H,10-13,15H2,1-3H3,(H2,28,29,31)/t17?,22-,25-/m0/s1. The maximum absolute atomic E-state index is 12.7. The van der Waals surface area contributed by atoms with Crippen LogP contribution >= 0.6 is 0 Å². The third-order valence-electron chi connectivity index (χ3n) is 7.17. The zero-order valence-electron chi connectivity index (χ0n) is 19.6. The van der Waals surface area contributed by atoms with Crippen LogP contribution in [-0.2, 0) is 5.41 Å². The molecule has 2 amide bonds. The summed E-state index contributed by atoms with van der Waals surface area (Å²) in [5, 5.41) is 5.68. The minimum absolute atomic E-state index is 0.0271. The summed E-state index contributed by atoms with van der Waals surface area (Å²) in [6, 6.07) is 12.1. The fraction of sp³-hybridized carbons (Fsp3) is 0.480. The van der Waals surface area contributed by atoms with Crippen molar-refractivity contribution in [2.75, 3.05) is 33.1 Å². The first-order chi connectivity index (χ1) is 16.4. The minimum atomic E-state index is -2.97. The molecule has 2 fully saturated rings. The van der Waals surface area contributed by atoms with Crippen LogP contribution in [0.25, 0.3) is 0 Å². The number of likely N-dealkylation sites (tertiary alicyclic amines) is 1. The maximum Gasteiger partial charge on any atom is 0.387 e. The second kappa shape index (κ2) is 10.0. The van der Waals surface area contributed by atoms with Gasteiger partial charge in [0.05, 0.1) is 19.9 Å². The summed E-state index contributed by atoms with van der Waals surface area (Å²) in [5.41, 5.74) is 1.40. The molecule has 4 rings (SSSR count). The van der Waals surface area contributed by atoms with Gasteiger partial charge in [-0.25, -0.2) is 4.79 Å². The molecule has 1 aliphatic carbocycles. The Balaban J connectivity index is 1.46. The number of urea groups is 1. The van der Waals surface area contributed by atoms with Crippen molar-refractivity contribution in [3.63, 3.8) is 0 Å². The van der Waals surface area contributed by atoms with Crippen molar-refractivity contribution in [1.29, 1.82) is 0 Å². The molecule has 0 radical (unpaired) electrons. The topological polar surface area (TPSA) is 72.1 Å². The zero-order chi connectivity index (χ0) is 24.3. The minimum Gasteiger partial charge on any atom is -0.493 e. The first kappa shape index (κ1) is 24.1. The molecule has 9 heteroatoms. The number of para-hydroxylation sites is 2. The third kappa shape index (κ3) is 4.75. The summed E-state index contributed by atoms with van der Waals surface area (Å²) in [5.74, 6) is 1.35. The number of benzene rings is 2. The lowest BCUT2D eigenvalue weighted by Gasteiger charge is -2.45. The Morgan fingerprint density at radius 3 is 2.59 bits per heavy atom. The molecule has 1 heterocycles. The van der Waals surface area contributed by atoms with Gasteiger partial charge in [0.2, 0.25) is 0 Å². The van der Waals surface area contributed by atoms with Crippen molar-refractivity contribution in [3.8, 4) is 17.2 Å². The van der Waals surface area contributed by atoms with Gasteiger partial charge in [-0.15, -0.1) is 0 Å². The Morgan fingerprint density at radius 2 is 1.85 bits per heavy atom. The van der Waals surface area contributed by atoms with Crippen LogP contribution in [0.3, 0.4) is 0 Å². The first-order valence-corrected chi connectivity index (χ1v) is 11.4. The quantitative estimate of drug-likeness (QED) is 0.612. The monoisotopic (exact) mass is 475 g/mol. The number of hydrogen-bond acceptors (Lipinski definition) is 5. The van der Waals surface area contributed by atoms with E-state index in [2.05, 4.69) is 39.5 Å². The van der Waals surface area contributed by atoms with E-state index in [0.29, 0.717) is 11.5 Å². The largest absolute Gasteiger partial charge is 0.493 e. The van der Waals surface area contributed by atoms with E-state index in [9.17, 15) is 13.6 Å². The Hall–Kier alpha value is -3.07. The van der Waals surface area contributed by atoms with Gasteiger partial charge in [-0.3, -0.25) is 0 Å². The van der Waals surface area contributed by atoms with Crippen molar-refractivity contribution in [2.45, 2.75) is 49.8 Å². The van der Waals surface area contributed by atoms with Crippen molar-refractivity contribution in [2.24, 2.45) is 0 Å². The lowest BCUT2D eigenvalue weighted by molar-refractivity contribution is -0.0493. The Labute approximate surface area is 198 Å². The van der Waals surface area contributed by atoms with E-state index in [1.807, 2.05) is 6.07 Å². The second-order valence-electron chi connectivity index (χ2n) is 8.92. The average molecular weight is 476 g/mol. The Kier molecular flexibility index (Phi) is 7.11. The average Bonchev–Trinajstić information content (AvgIpc) is 3.16. The van der Waals surface area contributed by atoms with Crippen LogP contribution in [0, 0.1) is 0 Å². The number of carbonyl (C=O) groups excluding carboxylic acids is 1. The second-order valence-corrected chi connectivity index (χ2v) is 8.92. The number of methoxy groups -OCH3 is 2. The molecule has 0 aromatic heterocycles. The third-order valence-corrected chi connectivity index (χ3v) is 7.17. The van der Waals surface area contributed by atoms with E-state index >= 15 is 0 Å². The van der Waals surface area contributed by atoms with Gasteiger partial charge >= 0.3 is 12.6 Å². The van der Waals surface area contributed by atoms with Gasteiger partial charge in [0.1, 0.15) is 5.75 Å². The number of nitrogens with zero attached hydrogens (tertiary/aromatic N) is 1. The highest BCUT2D eigenvalue weighted by Gasteiger charge is 2.50. The molecule has 2 aromatic rings. The number of rotatable bonds is 7. The van der Waals surface area contributed by atoms with Gasteiger partial charge in [0, 0.05) is 17.5 Å². The van der Waals surface area contributed by atoms with Crippen LogP contribution in [0.2, 0.25) is 0 Å². The number of ether oxygens (including phenoxy) is 3. The molecule has 7 nitrogen and oxygen atoms in total. The molecule has 0 spiro atoms. The summed E-state index contributed by atoms with van der Waals surface area (Å²) in [4.78, 5) is 15.0. The lowest BCUT2D eigenvalue weighted by Crippen LogP contribution is -2.52. The predicted octanol–water partition coefficient (Wildman–Crippen LogP) is 4.62. The number of hydrogen-bond donors (Lipinski definition) is 2. The van der Waals surface area contributed by atoms with E-state index in [1.165, 1.54) is 17.7 Å². The zero-order valence-corrected chi connectivity index (χ0v) is 19.6. The summed E-state index contributed by atoms with van der Waals surface area (Å²) < 4.78 is 40.8. The van der Waals surface area contributed by atoms with E-state index < -0.39 is 12.6 Å². The molecule has 2 aliphatic rings. The van der Waals surface area contributed by atoms with Crippen LogP contribution in [0.15, 0.2) is 42.5 Å². The summed E-state index contributed by atoms with van der Waals surface area (Å²) in [7, 11) is 5.39. The Morgan fingerprint density at radius 1 is 1.09 bits per heavy atom. The van der Waals surface area contributed by atoms with Crippen molar-refractivity contribution in [1.82, 2.24) is 10.2 Å². The Bertz CT molecular complexity index is 1020. The van der Waals surface area contributed by atoms with Gasteiger partial charge < -0.3 is 29.7 Å². The van der Waals surface area contributed by atoms with E-state index in [-0.39, 0.29) is 28.9 Å². The van der Waals surface area contributed by atoms with Crippen molar-refractivity contribution in [3.05, 3.63) is 48.0 Å². The first-order valence-electron chi connectivity index (χ1n) is 11.4. The molecular weight excluding hydrogens is 444 g/mol. The van der Waals surface area contributed by atoms with Crippen LogP contribution in [0.1, 0.15) is 31.2 Å². The van der Waals surface area contributed by atoms with Gasteiger partial charge in [-0.05, 0) is 69.1 Å². The van der Waals surface area contributed by atoms with Crippen LogP contribution in [-0.4, -0.2) is 57.4 Å². The summed E-state index contributed by atoms with van der Waals surface area (Å²) in [6.45, 7) is -2.00. The van der Waals surface area contributed by atoms with Gasteiger partial charge in [0.25, 0.3) is 0 Å². The molecule has 34 heavy (non-hydrogen) atoms. The normalized spacial score (nSPS) is 24.4. The fourth-order valence-corrected chi connectivity index (χ4v) is 5.51. The van der Waals surface area contributed by atoms with Crippen LogP contribution in [0.5, 0.6) is 17.2 Å². The van der Waals surface area contributed by atoms with Crippen molar-refractivity contribution >= 4 is 11.7 Å². The number of alkyl halides is 2.